The van der Waals surface area contributed by atoms with Crippen LogP contribution in [0.1, 0.15) is 18.5 Å². The average molecular weight is 184 g/mol. The predicted molar refractivity (Wildman–Crippen MR) is 46.6 cm³/mol. The van der Waals surface area contributed by atoms with Crippen LogP contribution in [0.2, 0.25) is 0 Å². The number of rotatable bonds is 4. The van der Waals surface area contributed by atoms with E-state index in [-0.39, 0.29) is 12.0 Å². The number of carboxylic acids is 1. The number of hydrogen-bond acceptors (Lipinski definition) is 2. The van der Waals surface area contributed by atoms with Gasteiger partial charge in [0.1, 0.15) is 0 Å². The van der Waals surface area contributed by atoms with Gasteiger partial charge in [0.25, 0.3) is 5.56 Å². The first-order valence-electron chi connectivity index (χ1n) is 4.06. The van der Waals surface area contributed by atoms with Gasteiger partial charge in [-0.3, -0.25) is 19.4 Å². The smallest absolute Gasteiger partial charge is 0.303 e. The first-order valence-corrected chi connectivity index (χ1v) is 4.06. The second-order valence-corrected chi connectivity index (χ2v) is 2.92. The summed E-state index contributed by atoms with van der Waals surface area (Å²) in [7, 11) is 1.73. The summed E-state index contributed by atoms with van der Waals surface area (Å²) in [5.41, 5.74) is 0.694. The number of aliphatic carboxylic acids is 1. The molecule has 1 aromatic heterocycles. The average Bonchev–Trinajstić information content (AvgIpc) is 2.29. The zero-order valence-corrected chi connectivity index (χ0v) is 7.41. The molecule has 1 aromatic rings. The van der Waals surface area contributed by atoms with Crippen LogP contribution in [0.3, 0.4) is 0 Å². The molecule has 5 nitrogen and oxygen atoms in total. The van der Waals surface area contributed by atoms with Crippen molar-refractivity contribution in [3.63, 3.8) is 0 Å². The lowest BCUT2D eigenvalue weighted by atomic mass is 10.2. The maximum Gasteiger partial charge on any atom is 0.303 e. The van der Waals surface area contributed by atoms with Crippen molar-refractivity contribution in [2.75, 3.05) is 0 Å². The quantitative estimate of drug-likeness (QED) is 0.697. The lowest BCUT2D eigenvalue weighted by molar-refractivity contribution is -0.137. The lowest BCUT2D eigenvalue weighted by Gasteiger charge is -1.99. The molecule has 0 aromatic carbocycles. The van der Waals surface area contributed by atoms with E-state index in [1.54, 1.807) is 11.7 Å². The number of carbonyl (C=O) groups is 1. The Bertz CT molecular complexity index is 351. The van der Waals surface area contributed by atoms with E-state index in [2.05, 4.69) is 5.10 Å². The lowest BCUT2D eigenvalue weighted by Crippen LogP contribution is -2.02. The Labute approximate surface area is 75.0 Å². The number of hydrogen-bond donors (Lipinski definition) is 2. The van der Waals surface area contributed by atoms with Gasteiger partial charge in [-0.1, -0.05) is 0 Å². The van der Waals surface area contributed by atoms with Gasteiger partial charge < -0.3 is 5.11 Å². The molecule has 0 aliphatic rings. The minimum atomic E-state index is -0.805. The number of nitrogens with zero attached hydrogens (tertiary/aromatic N) is 1. The van der Waals surface area contributed by atoms with Crippen LogP contribution in [0.4, 0.5) is 0 Å². The molecule has 0 atom stereocenters. The molecule has 0 aliphatic carbocycles. The molecule has 5 heteroatoms. The Hall–Kier alpha value is -1.52. The fraction of sp³-hybridized carbons (Fsp3) is 0.500. The van der Waals surface area contributed by atoms with Gasteiger partial charge in [-0.15, -0.1) is 0 Å². The van der Waals surface area contributed by atoms with E-state index in [0.29, 0.717) is 12.8 Å². The third-order valence-electron chi connectivity index (χ3n) is 1.83. The van der Waals surface area contributed by atoms with E-state index in [9.17, 15) is 9.59 Å². The molecule has 0 fully saturated rings. The molecule has 72 valence electrons. The van der Waals surface area contributed by atoms with Crippen LogP contribution in [-0.4, -0.2) is 20.9 Å². The number of nitrogens with one attached hydrogen (secondary N) is 1. The normalized spacial score (nSPS) is 10.2. The molecule has 0 unspecified atom stereocenters. The first kappa shape index (κ1) is 9.57. The van der Waals surface area contributed by atoms with Crippen LogP contribution < -0.4 is 5.56 Å². The highest BCUT2D eigenvalue weighted by molar-refractivity contribution is 5.66. The topological polar surface area (TPSA) is 75.1 Å². The molecule has 0 saturated heterocycles. The maximum atomic E-state index is 10.8. The van der Waals surface area contributed by atoms with E-state index >= 15 is 0 Å². The second kappa shape index (κ2) is 3.93. The Morgan fingerprint density at radius 1 is 1.69 bits per heavy atom. The SMILES string of the molecule is Cn1[nH]c(=O)cc1CCCC(=O)O. The Morgan fingerprint density at radius 2 is 2.38 bits per heavy atom. The van der Waals surface area contributed by atoms with Crippen molar-refractivity contribution in [3.05, 3.63) is 22.1 Å². The van der Waals surface area contributed by atoms with Gasteiger partial charge in [-0.2, -0.15) is 0 Å². The zero-order valence-electron chi connectivity index (χ0n) is 7.41. The molecular weight excluding hydrogens is 172 g/mol. The van der Waals surface area contributed by atoms with E-state index < -0.39 is 5.97 Å². The highest BCUT2D eigenvalue weighted by Gasteiger charge is 2.02. The van der Waals surface area contributed by atoms with Crippen LogP contribution in [0.25, 0.3) is 0 Å². The summed E-state index contributed by atoms with van der Waals surface area (Å²) in [5.74, 6) is -0.805. The van der Waals surface area contributed by atoms with Crippen molar-refractivity contribution in [2.45, 2.75) is 19.3 Å². The maximum absolute atomic E-state index is 10.8. The largest absolute Gasteiger partial charge is 0.481 e. The van der Waals surface area contributed by atoms with Crippen LogP contribution in [0, 0.1) is 0 Å². The summed E-state index contributed by atoms with van der Waals surface area (Å²) in [6.07, 6.45) is 1.31. The van der Waals surface area contributed by atoms with Gasteiger partial charge in [-0.05, 0) is 12.8 Å². The third kappa shape index (κ3) is 2.77. The van der Waals surface area contributed by atoms with Gasteiger partial charge in [0.2, 0.25) is 0 Å². The summed E-state index contributed by atoms with van der Waals surface area (Å²) in [4.78, 5) is 21.0. The molecule has 2 N–H and O–H groups in total. The molecule has 0 radical (unpaired) electrons. The van der Waals surface area contributed by atoms with Crippen molar-refractivity contribution < 1.29 is 9.90 Å². The molecule has 13 heavy (non-hydrogen) atoms. The summed E-state index contributed by atoms with van der Waals surface area (Å²) in [5, 5.41) is 10.9. The van der Waals surface area contributed by atoms with E-state index in [4.69, 9.17) is 5.11 Å². The molecule has 0 aliphatic heterocycles. The fourth-order valence-corrected chi connectivity index (χ4v) is 1.18. The summed E-state index contributed by atoms with van der Waals surface area (Å²) < 4.78 is 1.62. The predicted octanol–water partition coefficient (Wildman–Crippen LogP) is 0.121. The Morgan fingerprint density at radius 3 is 2.85 bits per heavy atom. The molecule has 1 heterocycles. The number of carboxylic acid groups (broad SMARTS) is 1. The van der Waals surface area contributed by atoms with Crippen LogP contribution in [0.15, 0.2) is 10.9 Å². The minimum absolute atomic E-state index is 0.138. The molecule has 0 saturated carbocycles. The molecule has 0 bridgehead atoms. The number of aryl methyl sites for hydroxylation is 2. The summed E-state index contributed by atoms with van der Waals surface area (Å²) in [6, 6.07) is 1.49. The monoisotopic (exact) mass is 184 g/mol. The first-order chi connectivity index (χ1) is 6.09. The fourth-order valence-electron chi connectivity index (χ4n) is 1.18. The van der Waals surface area contributed by atoms with Crippen LogP contribution in [-0.2, 0) is 18.3 Å². The van der Waals surface area contributed by atoms with Crippen molar-refractivity contribution in [3.8, 4) is 0 Å². The van der Waals surface area contributed by atoms with Crippen LogP contribution in [0.5, 0.6) is 0 Å². The van der Waals surface area contributed by atoms with Gasteiger partial charge in [-0.25, -0.2) is 0 Å². The Kier molecular flexibility index (Phi) is 2.89. The van der Waals surface area contributed by atoms with Crippen molar-refractivity contribution in [1.29, 1.82) is 0 Å². The van der Waals surface area contributed by atoms with Crippen LogP contribution >= 0.6 is 0 Å². The van der Waals surface area contributed by atoms with Crippen molar-refractivity contribution in [1.82, 2.24) is 9.78 Å². The van der Waals surface area contributed by atoms with E-state index in [1.165, 1.54) is 6.07 Å². The number of H-pyrrole nitrogens is 1. The highest BCUT2D eigenvalue weighted by Crippen LogP contribution is 2.00. The summed E-state index contributed by atoms with van der Waals surface area (Å²) in [6.45, 7) is 0. The van der Waals surface area contributed by atoms with Gasteiger partial charge in [0, 0.05) is 25.2 Å². The van der Waals surface area contributed by atoms with Crippen molar-refractivity contribution >= 4 is 5.97 Å². The molecule has 0 spiro atoms. The third-order valence-corrected chi connectivity index (χ3v) is 1.83. The number of aromatic amines is 1. The highest BCUT2D eigenvalue weighted by atomic mass is 16.4. The number of aromatic nitrogens is 2. The zero-order chi connectivity index (χ0) is 9.84. The van der Waals surface area contributed by atoms with Gasteiger partial charge in [0.15, 0.2) is 0 Å². The molecule has 0 amide bonds. The molecular formula is C8H12N2O3. The van der Waals surface area contributed by atoms with Gasteiger partial charge >= 0.3 is 5.97 Å². The minimum Gasteiger partial charge on any atom is -0.481 e. The Balaban J connectivity index is 2.50. The van der Waals surface area contributed by atoms with E-state index in [0.717, 1.165) is 5.69 Å². The van der Waals surface area contributed by atoms with Crippen molar-refractivity contribution in [2.24, 2.45) is 7.05 Å². The summed E-state index contributed by atoms with van der Waals surface area (Å²) >= 11 is 0. The second-order valence-electron chi connectivity index (χ2n) is 2.92. The standard InChI is InChI=1S/C8H12N2O3/c1-10-6(5-7(11)9-10)3-2-4-8(12)13/h5H,2-4H2,1H3,(H,9,11)(H,12,13). The molecule has 1 rings (SSSR count). The van der Waals surface area contributed by atoms with E-state index in [1.807, 2.05) is 0 Å². The van der Waals surface area contributed by atoms with Gasteiger partial charge in [0.05, 0.1) is 0 Å².